The van der Waals surface area contributed by atoms with E-state index in [1.54, 1.807) is 18.2 Å². The molecule has 72 valence electrons. The number of carbonyl (C=O) groups excluding carboxylic acids is 1. The Balaban J connectivity index is 0.000000980. The molecule has 4 heteroatoms. The fraction of sp³-hybridized carbons (Fsp3) is 0. The third-order valence-corrected chi connectivity index (χ3v) is 2.08. The maximum Gasteiger partial charge on any atom is 0.228 e. The predicted molar refractivity (Wildman–Crippen MR) is 49.1 cm³/mol. The van der Waals surface area contributed by atoms with E-state index in [0.717, 1.165) is 5.56 Å². The minimum Gasteiger partial charge on any atom is -1.00 e. The average molecular weight is 209 g/mol. The quantitative estimate of drug-likeness (QED) is 0.461. The van der Waals surface area contributed by atoms with E-state index in [1.807, 2.05) is 6.07 Å². The number of fused-ring (bicyclic) bond motifs is 1. The molecule has 0 unspecified atom stereocenters. The van der Waals surface area contributed by atoms with Crippen molar-refractivity contribution in [3.05, 3.63) is 47.2 Å². The largest absolute Gasteiger partial charge is 1.00 e. The van der Waals surface area contributed by atoms with Crippen molar-refractivity contribution in [2.45, 2.75) is 0 Å². The molecule has 0 aromatic heterocycles. The minimum absolute atomic E-state index is 0. The third-order valence-electron chi connectivity index (χ3n) is 2.08. The molecule has 0 aliphatic heterocycles. The summed E-state index contributed by atoms with van der Waals surface area (Å²) >= 11 is 0. The maximum absolute atomic E-state index is 11.4. The van der Waals surface area contributed by atoms with Crippen molar-refractivity contribution >= 4 is 11.5 Å². The van der Waals surface area contributed by atoms with E-state index in [4.69, 9.17) is 11.1 Å². The van der Waals surface area contributed by atoms with Gasteiger partial charge in [0.25, 0.3) is 0 Å². The van der Waals surface area contributed by atoms with Crippen LogP contribution in [0.3, 0.4) is 0 Å². The van der Waals surface area contributed by atoms with Gasteiger partial charge in [-0.1, -0.05) is 18.2 Å². The van der Waals surface area contributed by atoms with Crippen molar-refractivity contribution < 1.29 is 22.6 Å². The topological polar surface area (TPSA) is 68.7 Å². The molecule has 1 aliphatic carbocycles. The van der Waals surface area contributed by atoms with Crippen LogP contribution in [0.25, 0.3) is 0 Å². The van der Waals surface area contributed by atoms with Crippen LogP contribution >= 0.6 is 0 Å². The standard InChI is InChI=1S/C10H8N2O.ClH/c11-8-5-9(13)6-3-1-2-4-7(6)10(8)12;/h1-5,12H,11H2;1H. The van der Waals surface area contributed by atoms with Crippen LogP contribution in [-0.4, -0.2) is 11.5 Å². The van der Waals surface area contributed by atoms with E-state index in [1.165, 1.54) is 6.08 Å². The lowest BCUT2D eigenvalue weighted by Gasteiger charge is -2.09. The lowest BCUT2D eigenvalue weighted by atomic mass is 9.92. The molecule has 1 aromatic rings. The lowest BCUT2D eigenvalue weighted by molar-refractivity contribution is -0.112. The first kappa shape index (κ1) is 10.5. The Morgan fingerprint density at radius 3 is 2.36 bits per heavy atom. The Bertz CT molecular complexity index is 438. The molecule has 2 rings (SSSR count). The molecule has 3 nitrogen and oxygen atoms in total. The normalized spacial score (nSPS) is 14.1. The molecular weight excluding hydrogens is 200 g/mol. The molecule has 0 amide bonds. The molecule has 1 aromatic carbocycles. The molecular formula is C10H9ClN2O. The molecule has 0 fully saturated rings. The van der Waals surface area contributed by atoms with Crippen LogP contribution in [-0.2, 0) is 0 Å². The second-order valence-electron chi connectivity index (χ2n) is 2.92. The zero-order valence-electron chi connectivity index (χ0n) is 7.33. The third kappa shape index (κ3) is 1.42. The van der Waals surface area contributed by atoms with Gasteiger partial charge in [-0.3, -0.25) is 10.2 Å². The van der Waals surface area contributed by atoms with Gasteiger partial charge in [-0.15, -0.1) is 0 Å². The van der Waals surface area contributed by atoms with E-state index in [-0.39, 0.29) is 18.2 Å². The summed E-state index contributed by atoms with van der Waals surface area (Å²) in [6.45, 7) is 0. The van der Waals surface area contributed by atoms with Crippen LogP contribution in [0.4, 0.5) is 0 Å². The average Bonchev–Trinajstić information content (AvgIpc) is 2.15. The molecule has 0 saturated carbocycles. The minimum atomic E-state index is -0.0812. The number of benzene rings is 1. The molecule has 0 heterocycles. The molecule has 0 saturated heterocycles. The van der Waals surface area contributed by atoms with Crippen molar-refractivity contribution in [1.82, 2.24) is 0 Å². The van der Waals surface area contributed by atoms with Gasteiger partial charge in [-0.05, 0) is 6.07 Å². The van der Waals surface area contributed by atoms with Gasteiger partial charge < -0.3 is 18.1 Å². The number of nitrogens with two attached hydrogens (primary N) is 2. The number of hydrogen-bond acceptors (Lipinski definition) is 2. The van der Waals surface area contributed by atoms with Crippen molar-refractivity contribution in [2.24, 2.45) is 5.73 Å². The van der Waals surface area contributed by atoms with Gasteiger partial charge >= 0.3 is 0 Å². The van der Waals surface area contributed by atoms with E-state index in [2.05, 4.69) is 0 Å². The van der Waals surface area contributed by atoms with E-state index < -0.39 is 0 Å². The van der Waals surface area contributed by atoms with Gasteiger partial charge in [0.05, 0.1) is 5.56 Å². The van der Waals surface area contributed by atoms with Crippen molar-refractivity contribution in [3.63, 3.8) is 0 Å². The molecule has 0 atom stereocenters. The van der Waals surface area contributed by atoms with Crippen molar-refractivity contribution in [2.75, 3.05) is 0 Å². The number of carbonyl (C=O) groups is 1. The fourth-order valence-corrected chi connectivity index (χ4v) is 1.39. The SMILES string of the molecule is NC1=CC(=O)c2ccccc2C1=[NH2+].[Cl-]. The summed E-state index contributed by atoms with van der Waals surface area (Å²) in [5.41, 5.74) is 7.74. The van der Waals surface area contributed by atoms with Gasteiger partial charge in [0.2, 0.25) is 5.71 Å². The van der Waals surface area contributed by atoms with Crippen LogP contribution in [0.5, 0.6) is 0 Å². The van der Waals surface area contributed by atoms with Gasteiger partial charge in [-0.2, -0.15) is 0 Å². The maximum atomic E-state index is 11.4. The monoisotopic (exact) mass is 208 g/mol. The van der Waals surface area contributed by atoms with Gasteiger partial charge in [0.1, 0.15) is 5.70 Å². The molecule has 0 spiro atoms. The van der Waals surface area contributed by atoms with Crippen molar-refractivity contribution in [3.8, 4) is 0 Å². The Kier molecular flexibility index (Phi) is 2.72. The first-order valence-electron chi connectivity index (χ1n) is 3.94. The van der Waals surface area contributed by atoms with E-state index >= 15 is 0 Å². The van der Waals surface area contributed by atoms with E-state index in [0.29, 0.717) is 17.0 Å². The highest BCUT2D eigenvalue weighted by Crippen LogP contribution is 2.16. The summed E-state index contributed by atoms with van der Waals surface area (Å²) in [6.07, 6.45) is 1.36. The summed E-state index contributed by atoms with van der Waals surface area (Å²) < 4.78 is 0. The van der Waals surface area contributed by atoms with Crippen LogP contribution in [0.2, 0.25) is 0 Å². The molecule has 14 heavy (non-hydrogen) atoms. The Morgan fingerprint density at radius 2 is 1.71 bits per heavy atom. The second kappa shape index (κ2) is 3.64. The zero-order valence-corrected chi connectivity index (χ0v) is 8.08. The van der Waals surface area contributed by atoms with Crippen LogP contribution in [0.1, 0.15) is 15.9 Å². The summed E-state index contributed by atoms with van der Waals surface area (Å²) in [5.74, 6) is -0.0812. The molecule has 4 N–H and O–H groups in total. The Hall–Kier alpha value is -1.61. The number of halogens is 1. The Labute approximate surface area is 87.5 Å². The summed E-state index contributed by atoms with van der Waals surface area (Å²) in [5, 5.41) is 5.72. The summed E-state index contributed by atoms with van der Waals surface area (Å²) in [4.78, 5) is 11.4. The molecule has 0 radical (unpaired) electrons. The zero-order chi connectivity index (χ0) is 9.42. The molecule has 0 bridgehead atoms. The number of rotatable bonds is 0. The predicted octanol–water partition coefficient (Wildman–Crippen LogP) is -3.72. The second-order valence-corrected chi connectivity index (χ2v) is 2.92. The fourth-order valence-electron chi connectivity index (χ4n) is 1.39. The van der Waals surface area contributed by atoms with Gasteiger partial charge in [0, 0.05) is 11.6 Å². The number of hydrogen-bond donors (Lipinski definition) is 2. The molecule has 1 aliphatic rings. The Morgan fingerprint density at radius 1 is 1.14 bits per heavy atom. The van der Waals surface area contributed by atoms with Crippen LogP contribution in [0, 0.1) is 0 Å². The van der Waals surface area contributed by atoms with Gasteiger partial charge in [-0.25, -0.2) is 0 Å². The van der Waals surface area contributed by atoms with Crippen LogP contribution < -0.4 is 23.5 Å². The highest BCUT2D eigenvalue weighted by Gasteiger charge is 2.23. The first-order valence-corrected chi connectivity index (χ1v) is 3.94. The van der Waals surface area contributed by atoms with Gasteiger partial charge in [0.15, 0.2) is 5.78 Å². The summed E-state index contributed by atoms with van der Waals surface area (Å²) in [6, 6.07) is 7.17. The van der Waals surface area contributed by atoms with E-state index in [9.17, 15) is 4.79 Å². The number of allylic oxidation sites excluding steroid dienone is 2. The number of ketones is 1. The van der Waals surface area contributed by atoms with Crippen molar-refractivity contribution in [1.29, 1.82) is 0 Å². The highest BCUT2D eigenvalue weighted by atomic mass is 35.5. The highest BCUT2D eigenvalue weighted by molar-refractivity contribution is 6.23. The first-order chi connectivity index (χ1) is 6.20. The van der Waals surface area contributed by atoms with Crippen LogP contribution in [0.15, 0.2) is 36.0 Å². The summed E-state index contributed by atoms with van der Waals surface area (Å²) in [7, 11) is 0. The smallest absolute Gasteiger partial charge is 0.228 e. The lowest BCUT2D eigenvalue weighted by Crippen LogP contribution is -3.00.